The third kappa shape index (κ3) is 4.99. The van der Waals surface area contributed by atoms with Crippen LogP contribution in [-0.2, 0) is 9.47 Å². The van der Waals surface area contributed by atoms with Crippen LogP contribution in [0.3, 0.4) is 0 Å². The summed E-state index contributed by atoms with van der Waals surface area (Å²) in [5.41, 5.74) is 7.57. The fourth-order valence-corrected chi connectivity index (χ4v) is 2.05. The summed E-state index contributed by atoms with van der Waals surface area (Å²) in [5, 5.41) is 3.32. The van der Waals surface area contributed by atoms with Crippen molar-refractivity contribution in [1.29, 1.82) is 0 Å². The summed E-state index contributed by atoms with van der Waals surface area (Å²) in [6.45, 7) is 4.04. The first-order valence-corrected chi connectivity index (χ1v) is 7.31. The number of ether oxygens (including phenoxy) is 4. The first-order chi connectivity index (χ1) is 10.3. The van der Waals surface area contributed by atoms with Gasteiger partial charge in [-0.2, -0.15) is 0 Å². The fourth-order valence-electron chi connectivity index (χ4n) is 2.05. The lowest BCUT2D eigenvalue weighted by molar-refractivity contribution is 0.0691. The van der Waals surface area contributed by atoms with Crippen LogP contribution in [0.25, 0.3) is 0 Å². The Morgan fingerprint density at radius 1 is 1.10 bits per heavy atom. The SMILES string of the molecule is COCCOCCCCNc1cc2c(cc1N)OCCO2. The Hall–Kier alpha value is -1.66. The van der Waals surface area contributed by atoms with Crippen molar-refractivity contribution in [2.45, 2.75) is 12.8 Å². The van der Waals surface area contributed by atoms with Gasteiger partial charge >= 0.3 is 0 Å². The second-order valence-electron chi connectivity index (χ2n) is 4.82. The lowest BCUT2D eigenvalue weighted by Gasteiger charge is -2.20. The van der Waals surface area contributed by atoms with E-state index in [1.165, 1.54) is 0 Å². The Labute approximate surface area is 125 Å². The van der Waals surface area contributed by atoms with Crippen molar-refractivity contribution in [2.75, 3.05) is 57.7 Å². The van der Waals surface area contributed by atoms with E-state index < -0.39 is 0 Å². The average Bonchev–Trinajstić information content (AvgIpc) is 2.50. The molecule has 21 heavy (non-hydrogen) atoms. The topological polar surface area (TPSA) is 75.0 Å². The number of unbranched alkanes of at least 4 members (excludes halogenated alkanes) is 1. The Bertz CT molecular complexity index is 440. The van der Waals surface area contributed by atoms with Gasteiger partial charge in [0, 0.05) is 32.4 Å². The highest BCUT2D eigenvalue weighted by Crippen LogP contribution is 2.36. The second-order valence-corrected chi connectivity index (χ2v) is 4.82. The summed E-state index contributed by atoms with van der Waals surface area (Å²) in [4.78, 5) is 0. The molecule has 118 valence electrons. The van der Waals surface area contributed by atoms with Crippen LogP contribution in [0.4, 0.5) is 11.4 Å². The molecule has 0 fully saturated rings. The highest BCUT2D eigenvalue weighted by molar-refractivity contribution is 5.72. The molecule has 0 saturated heterocycles. The minimum absolute atomic E-state index is 0.572. The van der Waals surface area contributed by atoms with Gasteiger partial charge in [0.2, 0.25) is 0 Å². The minimum Gasteiger partial charge on any atom is -0.486 e. The van der Waals surface area contributed by atoms with Crippen LogP contribution in [0.2, 0.25) is 0 Å². The summed E-state index contributed by atoms with van der Waals surface area (Å²) in [6.07, 6.45) is 2.02. The number of rotatable bonds is 9. The third-order valence-electron chi connectivity index (χ3n) is 3.18. The molecule has 6 heteroatoms. The molecular weight excluding hydrogens is 272 g/mol. The first-order valence-electron chi connectivity index (χ1n) is 7.31. The lowest BCUT2D eigenvalue weighted by atomic mass is 10.2. The Morgan fingerprint density at radius 3 is 2.62 bits per heavy atom. The quantitative estimate of drug-likeness (QED) is 0.535. The molecule has 0 aromatic heterocycles. The van der Waals surface area contributed by atoms with Gasteiger partial charge in [0.1, 0.15) is 13.2 Å². The number of nitrogens with two attached hydrogens (primary N) is 1. The van der Waals surface area contributed by atoms with E-state index in [1.807, 2.05) is 12.1 Å². The maximum Gasteiger partial charge on any atom is 0.163 e. The monoisotopic (exact) mass is 296 g/mol. The van der Waals surface area contributed by atoms with Gasteiger partial charge in [-0.1, -0.05) is 0 Å². The number of nitrogen functional groups attached to an aromatic ring is 1. The first kappa shape index (κ1) is 15.7. The van der Waals surface area contributed by atoms with E-state index >= 15 is 0 Å². The summed E-state index contributed by atoms with van der Waals surface area (Å²) in [7, 11) is 1.67. The van der Waals surface area contributed by atoms with E-state index in [2.05, 4.69) is 5.32 Å². The van der Waals surface area contributed by atoms with E-state index in [0.29, 0.717) is 32.1 Å². The lowest BCUT2D eigenvalue weighted by Crippen LogP contribution is -2.16. The van der Waals surface area contributed by atoms with Gasteiger partial charge in [0.05, 0.1) is 24.6 Å². The fraction of sp³-hybridized carbons (Fsp3) is 0.600. The zero-order chi connectivity index (χ0) is 14.9. The van der Waals surface area contributed by atoms with E-state index in [9.17, 15) is 0 Å². The molecule has 2 rings (SSSR count). The molecule has 1 aromatic carbocycles. The maximum atomic E-state index is 6.00. The van der Waals surface area contributed by atoms with E-state index in [4.69, 9.17) is 24.7 Å². The van der Waals surface area contributed by atoms with Crippen molar-refractivity contribution in [1.82, 2.24) is 0 Å². The molecule has 0 bridgehead atoms. The van der Waals surface area contributed by atoms with E-state index in [-0.39, 0.29) is 0 Å². The normalized spacial score (nSPS) is 13.2. The summed E-state index contributed by atoms with van der Waals surface area (Å²) in [6, 6.07) is 3.71. The number of hydrogen-bond acceptors (Lipinski definition) is 6. The van der Waals surface area contributed by atoms with Crippen LogP contribution in [0.15, 0.2) is 12.1 Å². The van der Waals surface area contributed by atoms with E-state index in [1.54, 1.807) is 7.11 Å². The number of hydrogen-bond donors (Lipinski definition) is 2. The predicted molar refractivity (Wildman–Crippen MR) is 82.3 cm³/mol. The van der Waals surface area contributed by atoms with Gasteiger partial charge in [-0.25, -0.2) is 0 Å². The van der Waals surface area contributed by atoms with Gasteiger partial charge in [-0.05, 0) is 12.8 Å². The van der Waals surface area contributed by atoms with Crippen molar-refractivity contribution in [2.24, 2.45) is 0 Å². The number of anilines is 2. The molecule has 0 saturated carbocycles. The second kappa shape index (κ2) is 8.59. The largest absolute Gasteiger partial charge is 0.486 e. The Morgan fingerprint density at radius 2 is 1.86 bits per heavy atom. The van der Waals surface area contributed by atoms with Crippen molar-refractivity contribution in [3.63, 3.8) is 0 Å². The van der Waals surface area contributed by atoms with Crippen molar-refractivity contribution in [3.8, 4) is 11.5 Å². The number of nitrogens with one attached hydrogen (secondary N) is 1. The summed E-state index contributed by atoms with van der Waals surface area (Å²) < 4.78 is 21.4. The van der Waals surface area contributed by atoms with Crippen molar-refractivity contribution < 1.29 is 18.9 Å². The molecule has 1 aliphatic heterocycles. The molecule has 1 heterocycles. The highest BCUT2D eigenvalue weighted by Gasteiger charge is 2.14. The van der Waals surface area contributed by atoms with Crippen molar-refractivity contribution >= 4 is 11.4 Å². The molecule has 0 spiro atoms. The van der Waals surface area contributed by atoms with Crippen LogP contribution in [-0.4, -0.2) is 46.7 Å². The van der Waals surface area contributed by atoms with Gasteiger partial charge in [0.15, 0.2) is 11.5 Å². The molecule has 0 aliphatic carbocycles. The molecule has 6 nitrogen and oxygen atoms in total. The van der Waals surface area contributed by atoms with Crippen LogP contribution < -0.4 is 20.5 Å². The smallest absolute Gasteiger partial charge is 0.163 e. The Kier molecular flexibility index (Phi) is 6.43. The number of methoxy groups -OCH3 is 1. The Balaban J connectivity index is 1.68. The van der Waals surface area contributed by atoms with Crippen LogP contribution in [0.5, 0.6) is 11.5 Å². The standard InChI is InChI=1S/C15H24N2O4/c1-18-6-7-19-5-3-2-4-17-13-11-15-14(10-12(13)16)20-8-9-21-15/h10-11,17H,2-9,16H2,1H3. The number of fused-ring (bicyclic) bond motifs is 1. The molecule has 1 aromatic rings. The maximum absolute atomic E-state index is 6.00. The van der Waals surface area contributed by atoms with Crippen LogP contribution >= 0.6 is 0 Å². The zero-order valence-corrected chi connectivity index (χ0v) is 12.5. The molecule has 3 N–H and O–H groups in total. The number of benzene rings is 1. The highest BCUT2D eigenvalue weighted by atomic mass is 16.6. The molecule has 0 atom stereocenters. The van der Waals surface area contributed by atoms with Crippen LogP contribution in [0.1, 0.15) is 12.8 Å². The van der Waals surface area contributed by atoms with Gasteiger partial charge in [-0.15, -0.1) is 0 Å². The predicted octanol–water partition coefficient (Wildman–Crippen LogP) is 1.90. The molecular formula is C15H24N2O4. The molecule has 0 unspecified atom stereocenters. The zero-order valence-electron chi connectivity index (χ0n) is 12.5. The van der Waals surface area contributed by atoms with Gasteiger partial charge in [-0.3, -0.25) is 0 Å². The molecule has 1 aliphatic rings. The molecule has 0 radical (unpaired) electrons. The molecule has 0 amide bonds. The van der Waals surface area contributed by atoms with Gasteiger partial charge < -0.3 is 30.0 Å². The third-order valence-corrected chi connectivity index (χ3v) is 3.18. The summed E-state index contributed by atoms with van der Waals surface area (Å²) in [5.74, 6) is 1.47. The minimum atomic E-state index is 0.572. The summed E-state index contributed by atoms with van der Waals surface area (Å²) >= 11 is 0. The average molecular weight is 296 g/mol. The van der Waals surface area contributed by atoms with Crippen molar-refractivity contribution in [3.05, 3.63) is 12.1 Å². The van der Waals surface area contributed by atoms with Gasteiger partial charge in [0.25, 0.3) is 0 Å². The van der Waals surface area contributed by atoms with Crippen LogP contribution in [0, 0.1) is 0 Å². The van der Waals surface area contributed by atoms with E-state index in [0.717, 1.165) is 43.2 Å².